The monoisotopic (exact) mass is 379 g/mol. The molecule has 0 bridgehead atoms. The molecule has 0 saturated carbocycles. The van der Waals surface area contributed by atoms with Crippen molar-refractivity contribution < 1.29 is 18.7 Å². The number of hydrogen-bond acceptors (Lipinski definition) is 4. The zero-order valence-corrected chi connectivity index (χ0v) is 16.5. The van der Waals surface area contributed by atoms with E-state index < -0.39 is 5.97 Å². The first-order chi connectivity index (χ1) is 13.5. The summed E-state index contributed by atoms with van der Waals surface area (Å²) in [6.45, 7) is 5.71. The van der Waals surface area contributed by atoms with E-state index in [0.717, 1.165) is 34.1 Å². The highest BCUT2D eigenvalue weighted by Gasteiger charge is 2.16. The number of rotatable bonds is 7. The smallest absolute Gasteiger partial charge is 0.310 e. The molecular weight excluding hydrogens is 354 g/mol. The molecule has 5 heteroatoms. The summed E-state index contributed by atoms with van der Waals surface area (Å²) in [6.07, 6.45) is 2.39. The Morgan fingerprint density at radius 1 is 1.07 bits per heavy atom. The Kier molecular flexibility index (Phi) is 6.14. The van der Waals surface area contributed by atoms with E-state index >= 15 is 0 Å². The van der Waals surface area contributed by atoms with Gasteiger partial charge in [0, 0.05) is 10.9 Å². The summed E-state index contributed by atoms with van der Waals surface area (Å²) in [5, 5.41) is 3.80. The van der Waals surface area contributed by atoms with Gasteiger partial charge in [-0.25, -0.2) is 0 Å². The number of benzene rings is 2. The van der Waals surface area contributed by atoms with Crippen LogP contribution >= 0.6 is 0 Å². The molecule has 2 aromatic carbocycles. The van der Waals surface area contributed by atoms with Crippen LogP contribution in [0, 0.1) is 13.8 Å². The molecule has 1 aromatic heterocycles. The summed E-state index contributed by atoms with van der Waals surface area (Å²) in [6, 6.07) is 13.7. The van der Waals surface area contributed by atoms with Crippen molar-refractivity contribution in [2.24, 2.45) is 0 Å². The zero-order chi connectivity index (χ0) is 20.1. The molecule has 0 aliphatic rings. The molecule has 1 atom stereocenters. The van der Waals surface area contributed by atoms with Gasteiger partial charge in [-0.1, -0.05) is 48.9 Å². The van der Waals surface area contributed by atoms with Crippen molar-refractivity contribution in [2.75, 3.05) is 6.61 Å². The van der Waals surface area contributed by atoms with Crippen LogP contribution in [0.4, 0.5) is 0 Å². The number of fused-ring (bicyclic) bond motifs is 1. The van der Waals surface area contributed by atoms with Gasteiger partial charge in [0.2, 0.25) is 0 Å². The van der Waals surface area contributed by atoms with Gasteiger partial charge in [0.05, 0.1) is 18.7 Å². The fourth-order valence-electron chi connectivity index (χ4n) is 3.14. The molecule has 0 saturated heterocycles. The Hall–Kier alpha value is -3.08. The van der Waals surface area contributed by atoms with Crippen molar-refractivity contribution in [2.45, 2.75) is 39.7 Å². The van der Waals surface area contributed by atoms with E-state index in [-0.39, 0.29) is 25.0 Å². The highest BCUT2D eigenvalue weighted by atomic mass is 16.5. The lowest BCUT2D eigenvalue weighted by molar-refractivity contribution is -0.148. The molecule has 3 aromatic rings. The van der Waals surface area contributed by atoms with Crippen LogP contribution in [0.2, 0.25) is 0 Å². The van der Waals surface area contributed by atoms with Gasteiger partial charge >= 0.3 is 5.97 Å². The average molecular weight is 379 g/mol. The highest BCUT2D eigenvalue weighted by molar-refractivity contribution is 5.87. The van der Waals surface area contributed by atoms with Gasteiger partial charge in [-0.2, -0.15) is 0 Å². The fourth-order valence-corrected chi connectivity index (χ4v) is 3.14. The summed E-state index contributed by atoms with van der Waals surface area (Å²) >= 11 is 0. The lowest BCUT2D eigenvalue weighted by atomic mass is 10.0. The number of ether oxygens (including phenoxy) is 1. The second-order valence-corrected chi connectivity index (χ2v) is 7.04. The van der Waals surface area contributed by atoms with Crippen molar-refractivity contribution in [1.29, 1.82) is 0 Å². The van der Waals surface area contributed by atoms with Gasteiger partial charge in [0.15, 0.2) is 6.61 Å². The fraction of sp³-hybridized carbons (Fsp3) is 0.304. The first kappa shape index (κ1) is 19.7. The molecule has 0 unspecified atom stereocenters. The maximum Gasteiger partial charge on any atom is 0.310 e. The predicted octanol–water partition coefficient (Wildman–Crippen LogP) is 4.40. The van der Waals surface area contributed by atoms with Crippen LogP contribution in [-0.2, 0) is 20.7 Å². The van der Waals surface area contributed by atoms with E-state index in [4.69, 9.17) is 9.15 Å². The van der Waals surface area contributed by atoms with Crippen LogP contribution < -0.4 is 5.32 Å². The second kappa shape index (κ2) is 8.74. The second-order valence-electron chi connectivity index (χ2n) is 7.04. The van der Waals surface area contributed by atoms with Crippen molar-refractivity contribution in [1.82, 2.24) is 5.32 Å². The van der Waals surface area contributed by atoms with Gasteiger partial charge in [-0.3, -0.25) is 9.59 Å². The Morgan fingerprint density at radius 2 is 1.79 bits per heavy atom. The quantitative estimate of drug-likeness (QED) is 0.618. The number of aryl methyl sites for hydroxylation is 2. The highest BCUT2D eigenvalue weighted by Crippen LogP contribution is 2.23. The topological polar surface area (TPSA) is 68.5 Å². The van der Waals surface area contributed by atoms with Crippen LogP contribution in [-0.4, -0.2) is 18.5 Å². The molecule has 1 heterocycles. The summed E-state index contributed by atoms with van der Waals surface area (Å²) in [7, 11) is 0. The summed E-state index contributed by atoms with van der Waals surface area (Å²) in [4.78, 5) is 24.3. The lowest BCUT2D eigenvalue weighted by Gasteiger charge is -2.17. The van der Waals surface area contributed by atoms with E-state index in [2.05, 4.69) is 5.32 Å². The minimum absolute atomic E-state index is 0.0680. The average Bonchev–Trinajstić information content (AvgIpc) is 3.07. The predicted molar refractivity (Wildman–Crippen MR) is 108 cm³/mol. The van der Waals surface area contributed by atoms with Crippen LogP contribution in [0.3, 0.4) is 0 Å². The molecule has 0 aliphatic heterocycles. The number of carbonyl (C=O) groups excluding carboxylic acids is 2. The number of esters is 1. The molecular formula is C23H25NO4. The van der Waals surface area contributed by atoms with Gasteiger partial charge in [-0.15, -0.1) is 0 Å². The van der Waals surface area contributed by atoms with E-state index in [0.29, 0.717) is 0 Å². The molecule has 5 nitrogen and oxygen atoms in total. The third-order valence-corrected chi connectivity index (χ3v) is 4.73. The molecule has 146 valence electrons. The van der Waals surface area contributed by atoms with Crippen molar-refractivity contribution in [3.05, 3.63) is 71.0 Å². The third kappa shape index (κ3) is 4.80. The van der Waals surface area contributed by atoms with E-state index in [1.165, 1.54) is 5.56 Å². The van der Waals surface area contributed by atoms with Crippen molar-refractivity contribution in [3.63, 3.8) is 0 Å². The molecule has 0 fully saturated rings. The Balaban J connectivity index is 1.53. The Morgan fingerprint density at radius 3 is 2.50 bits per heavy atom. The molecule has 1 N–H and O–H groups in total. The molecule has 0 spiro atoms. The van der Waals surface area contributed by atoms with Crippen LogP contribution in [0.15, 0.2) is 53.1 Å². The van der Waals surface area contributed by atoms with Crippen molar-refractivity contribution >= 4 is 22.8 Å². The largest absolute Gasteiger partial charge is 0.464 e. The van der Waals surface area contributed by atoms with Crippen LogP contribution in [0.5, 0.6) is 0 Å². The summed E-state index contributed by atoms with van der Waals surface area (Å²) < 4.78 is 10.7. The normalized spacial score (nSPS) is 12.0. The number of carbonyl (C=O) groups is 2. The zero-order valence-electron chi connectivity index (χ0n) is 16.5. The van der Waals surface area contributed by atoms with Crippen LogP contribution in [0.25, 0.3) is 11.0 Å². The number of hydrogen-bond donors (Lipinski definition) is 1. The van der Waals surface area contributed by atoms with Gasteiger partial charge in [0.25, 0.3) is 5.91 Å². The van der Waals surface area contributed by atoms with E-state index in [1.807, 2.05) is 63.2 Å². The van der Waals surface area contributed by atoms with E-state index in [1.54, 1.807) is 6.26 Å². The number of amides is 1. The summed E-state index contributed by atoms with van der Waals surface area (Å²) in [5.41, 5.74) is 4.79. The van der Waals surface area contributed by atoms with Crippen molar-refractivity contribution in [3.8, 4) is 0 Å². The Bertz CT molecular complexity index is 972. The maximum atomic E-state index is 12.2. The molecule has 3 rings (SSSR count). The molecule has 0 radical (unpaired) electrons. The molecule has 0 aliphatic carbocycles. The summed E-state index contributed by atoms with van der Waals surface area (Å²) in [5.74, 6) is -0.768. The maximum absolute atomic E-state index is 12.2. The minimum Gasteiger partial charge on any atom is -0.464 e. The Labute approximate surface area is 164 Å². The first-order valence-electron chi connectivity index (χ1n) is 9.44. The molecule has 1 amide bonds. The third-order valence-electron chi connectivity index (χ3n) is 4.73. The first-order valence-corrected chi connectivity index (χ1v) is 9.44. The number of furan rings is 1. The molecule has 28 heavy (non-hydrogen) atoms. The van der Waals surface area contributed by atoms with Gasteiger partial charge in [-0.05, 0) is 37.5 Å². The SMILES string of the molecule is CC[C@@H](NC(=O)COC(=O)Cc1coc2cc(C)ccc12)c1ccc(C)cc1. The van der Waals surface area contributed by atoms with Gasteiger partial charge in [0.1, 0.15) is 5.58 Å². The number of nitrogens with one attached hydrogen (secondary N) is 1. The van der Waals surface area contributed by atoms with Gasteiger partial charge < -0.3 is 14.5 Å². The van der Waals surface area contributed by atoms with E-state index in [9.17, 15) is 9.59 Å². The minimum atomic E-state index is -0.457. The van der Waals surface area contributed by atoms with Crippen LogP contribution in [0.1, 0.15) is 41.6 Å². The lowest BCUT2D eigenvalue weighted by Crippen LogP contribution is -2.32. The standard InChI is InChI=1S/C23H25NO4/c1-4-20(17-8-5-15(2)6-9-17)24-22(25)14-28-23(26)12-18-13-27-21-11-16(3)7-10-19(18)21/h5-11,13,20H,4,12,14H2,1-3H3,(H,24,25)/t20-/m1/s1.